The Kier molecular flexibility index (Phi) is 8.57. The summed E-state index contributed by atoms with van der Waals surface area (Å²) in [5, 5.41) is 2.74. The van der Waals surface area contributed by atoms with Gasteiger partial charge in [0.15, 0.2) is 0 Å². The first kappa shape index (κ1) is 30.2. The maximum absolute atomic E-state index is 13.6. The number of rotatable bonds is 8. The van der Waals surface area contributed by atoms with Crippen LogP contribution in [0.15, 0.2) is 54.7 Å². The Bertz CT molecular complexity index is 1720. The highest BCUT2D eigenvalue weighted by atomic mass is 35.5. The minimum absolute atomic E-state index is 0.0231. The summed E-state index contributed by atoms with van der Waals surface area (Å²) in [5.74, 6) is -2.69. The molecule has 0 radical (unpaired) electrons. The molecule has 2 N–H and O–H groups in total. The molecule has 0 aliphatic rings. The van der Waals surface area contributed by atoms with Crippen LogP contribution in [0.3, 0.4) is 0 Å². The van der Waals surface area contributed by atoms with Crippen molar-refractivity contribution in [2.24, 2.45) is 0 Å². The van der Waals surface area contributed by atoms with Crippen LogP contribution in [0.5, 0.6) is 5.75 Å². The number of carbonyl (C=O) groups is 1. The van der Waals surface area contributed by atoms with E-state index >= 15 is 0 Å². The van der Waals surface area contributed by atoms with E-state index < -0.39 is 45.9 Å². The molecular weight excluding hydrogens is 613 g/mol. The number of alkyl halides is 3. The number of hydrogen-bond acceptors (Lipinski definition) is 6. The van der Waals surface area contributed by atoms with Crippen molar-refractivity contribution in [3.05, 3.63) is 92.3 Å². The molecule has 4 aromatic rings. The third-order valence-corrected chi connectivity index (χ3v) is 7.23. The van der Waals surface area contributed by atoms with E-state index in [0.29, 0.717) is 22.7 Å². The molecule has 0 fully saturated rings. The number of nitrogens with one attached hydrogen (secondary N) is 2. The fourth-order valence-corrected chi connectivity index (χ4v) is 5.42. The number of nitrogens with zero attached hydrogens (tertiary/aromatic N) is 1. The van der Waals surface area contributed by atoms with Crippen LogP contribution in [0, 0.1) is 18.6 Å². The fourth-order valence-electron chi connectivity index (χ4n) is 3.72. The van der Waals surface area contributed by atoms with Crippen molar-refractivity contribution in [1.29, 1.82) is 0 Å². The first-order valence-corrected chi connectivity index (χ1v) is 14.5. The highest BCUT2D eigenvalue weighted by molar-refractivity contribution is 7.92. The number of ether oxygens (including phenoxy) is 1. The van der Waals surface area contributed by atoms with Crippen molar-refractivity contribution in [3.63, 3.8) is 0 Å². The monoisotopic (exact) mass is 631 g/mol. The predicted octanol–water partition coefficient (Wildman–Crippen LogP) is 7.27. The van der Waals surface area contributed by atoms with Crippen molar-refractivity contribution < 1.29 is 39.9 Å². The number of carbonyl (C=O) groups excluding carboxylic acids is 1. The standard InChI is InChI=1S/C26H19ClF5N3O4S2/c1-13-21(10-23(40-13)25(36)34-19-6-16(27)7-20(9-19)35-41(2,37)38)24-22(5-15(11-33-24)26(30,31)32)39-12-14-3-17(28)8-18(29)4-14/h3-11,35H,12H2,1-2H3,(H,34,36). The lowest BCUT2D eigenvalue weighted by molar-refractivity contribution is -0.137. The lowest BCUT2D eigenvalue weighted by Crippen LogP contribution is -2.12. The van der Waals surface area contributed by atoms with Gasteiger partial charge in [0.1, 0.15) is 29.7 Å². The van der Waals surface area contributed by atoms with Crippen molar-refractivity contribution >= 4 is 50.2 Å². The molecule has 216 valence electrons. The van der Waals surface area contributed by atoms with Gasteiger partial charge in [-0.25, -0.2) is 17.2 Å². The quantitative estimate of drug-likeness (QED) is 0.199. The maximum atomic E-state index is 13.6. The highest BCUT2D eigenvalue weighted by Crippen LogP contribution is 2.39. The van der Waals surface area contributed by atoms with Gasteiger partial charge in [0.25, 0.3) is 5.91 Å². The molecule has 0 bridgehead atoms. The Morgan fingerprint density at radius 3 is 2.32 bits per heavy atom. The molecule has 0 aliphatic heterocycles. The molecule has 2 aromatic heterocycles. The van der Waals surface area contributed by atoms with Gasteiger partial charge in [-0.2, -0.15) is 13.2 Å². The zero-order valence-corrected chi connectivity index (χ0v) is 23.5. The SMILES string of the molecule is Cc1sc(C(=O)Nc2cc(Cl)cc(NS(C)(=O)=O)c2)cc1-c1ncc(C(F)(F)F)cc1OCc1cc(F)cc(F)c1. The van der Waals surface area contributed by atoms with E-state index in [1.807, 2.05) is 0 Å². The van der Waals surface area contributed by atoms with Crippen LogP contribution < -0.4 is 14.8 Å². The average molecular weight is 632 g/mol. The topological polar surface area (TPSA) is 97.4 Å². The molecule has 0 saturated carbocycles. The van der Waals surface area contributed by atoms with Crippen LogP contribution in [-0.2, 0) is 22.8 Å². The zero-order chi connectivity index (χ0) is 30.1. The van der Waals surface area contributed by atoms with E-state index in [1.165, 1.54) is 24.3 Å². The minimum Gasteiger partial charge on any atom is -0.487 e. The summed E-state index contributed by atoms with van der Waals surface area (Å²) in [4.78, 5) is 17.6. The lowest BCUT2D eigenvalue weighted by Gasteiger charge is -2.14. The Morgan fingerprint density at radius 1 is 1.02 bits per heavy atom. The summed E-state index contributed by atoms with van der Waals surface area (Å²) in [6.45, 7) is 1.16. The largest absolute Gasteiger partial charge is 0.487 e. The van der Waals surface area contributed by atoms with Gasteiger partial charge < -0.3 is 10.1 Å². The normalized spacial score (nSPS) is 11.8. The number of aryl methyl sites for hydroxylation is 1. The molecule has 4 rings (SSSR count). The number of amides is 1. The van der Waals surface area contributed by atoms with Crippen molar-refractivity contribution in [2.75, 3.05) is 16.3 Å². The summed E-state index contributed by atoms with van der Waals surface area (Å²) < 4.78 is 98.4. The Hall–Kier alpha value is -3.75. The van der Waals surface area contributed by atoms with Gasteiger partial charge in [0.05, 0.1) is 22.4 Å². The molecule has 0 atom stereocenters. The average Bonchev–Trinajstić information content (AvgIpc) is 3.21. The molecule has 2 heterocycles. The maximum Gasteiger partial charge on any atom is 0.418 e. The van der Waals surface area contributed by atoms with Crippen molar-refractivity contribution in [2.45, 2.75) is 19.7 Å². The number of benzene rings is 2. The summed E-state index contributed by atoms with van der Waals surface area (Å²) in [6.07, 6.45) is -3.18. The van der Waals surface area contributed by atoms with Crippen LogP contribution in [0.4, 0.5) is 33.3 Å². The van der Waals surface area contributed by atoms with Gasteiger partial charge in [0, 0.05) is 33.4 Å². The van der Waals surface area contributed by atoms with Gasteiger partial charge >= 0.3 is 6.18 Å². The molecule has 0 saturated heterocycles. The van der Waals surface area contributed by atoms with Gasteiger partial charge in [-0.15, -0.1) is 11.3 Å². The van der Waals surface area contributed by atoms with Crippen LogP contribution in [-0.4, -0.2) is 25.6 Å². The van der Waals surface area contributed by atoms with Gasteiger partial charge in [-0.3, -0.25) is 14.5 Å². The minimum atomic E-state index is -4.74. The number of aromatic nitrogens is 1. The van der Waals surface area contributed by atoms with Gasteiger partial charge in [-0.05, 0) is 55.0 Å². The molecule has 7 nitrogen and oxygen atoms in total. The first-order valence-electron chi connectivity index (χ1n) is 11.4. The Balaban J connectivity index is 1.65. The lowest BCUT2D eigenvalue weighted by atomic mass is 10.1. The second kappa shape index (κ2) is 11.6. The van der Waals surface area contributed by atoms with E-state index in [1.54, 1.807) is 6.92 Å². The van der Waals surface area contributed by atoms with E-state index in [-0.39, 0.29) is 38.3 Å². The van der Waals surface area contributed by atoms with Gasteiger partial charge in [-0.1, -0.05) is 11.6 Å². The number of hydrogen-bond donors (Lipinski definition) is 2. The van der Waals surface area contributed by atoms with Crippen LogP contribution >= 0.6 is 22.9 Å². The van der Waals surface area contributed by atoms with E-state index in [2.05, 4.69) is 15.0 Å². The summed E-state index contributed by atoms with van der Waals surface area (Å²) in [7, 11) is -3.61. The smallest absolute Gasteiger partial charge is 0.418 e. The molecule has 1 amide bonds. The predicted molar refractivity (Wildman–Crippen MR) is 146 cm³/mol. The Morgan fingerprint density at radius 2 is 1.68 bits per heavy atom. The van der Waals surface area contributed by atoms with Crippen LogP contribution in [0.2, 0.25) is 5.02 Å². The molecule has 0 spiro atoms. The third-order valence-electron chi connectivity index (χ3n) is 5.35. The van der Waals surface area contributed by atoms with Crippen molar-refractivity contribution in [3.8, 4) is 17.0 Å². The number of halogens is 6. The molecule has 0 aliphatic carbocycles. The molecular formula is C26H19ClF5N3O4S2. The molecule has 41 heavy (non-hydrogen) atoms. The fraction of sp³-hybridized carbons (Fsp3) is 0.154. The third kappa shape index (κ3) is 7.93. The summed E-state index contributed by atoms with van der Waals surface area (Å²) in [6, 6.07) is 8.83. The second-order valence-electron chi connectivity index (χ2n) is 8.77. The first-order chi connectivity index (χ1) is 19.1. The Labute approximate surface area is 240 Å². The van der Waals surface area contributed by atoms with E-state index in [4.69, 9.17) is 16.3 Å². The molecule has 15 heteroatoms. The zero-order valence-electron chi connectivity index (χ0n) is 21.1. The number of thiophene rings is 1. The number of pyridine rings is 1. The summed E-state index contributed by atoms with van der Waals surface area (Å²) in [5.41, 5.74) is -0.497. The number of anilines is 2. The van der Waals surface area contributed by atoms with Gasteiger partial charge in [0.2, 0.25) is 10.0 Å². The van der Waals surface area contributed by atoms with Crippen molar-refractivity contribution in [1.82, 2.24) is 4.98 Å². The van der Waals surface area contributed by atoms with E-state index in [9.17, 15) is 35.2 Å². The van der Waals surface area contributed by atoms with Crippen LogP contribution in [0.25, 0.3) is 11.3 Å². The highest BCUT2D eigenvalue weighted by Gasteiger charge is 2.32. The summed E-state index contributed by atoms with van der Waals surface area (Å²) >= 11 is 7.06. The molecule has 2 aromatic carbocycles. The molecule has 0 unspecified atom stereocenters. The second-order valence-corrected chi connectivity index (χ2v) is 12.2. The number of sulfonamides is 1. The van der Waals surface area contributed by atoms with E-state index in [0.717, 1.165) is 35.8 Å². The van der Waals surface area contributed by atoms with Crippen LogP contribution in [0.1, 0.15) is 25.7 Å².